The molecule has 0 heterocycles. The maximum atomic E-state index is 12.6. The van der Waals surface area contributed by atoms with Gasteiger partial charge in [-0.25, -0.2) is 0 Å². The van der Waals surface area contributed by atoms with Crippen molar-refractivity contribution < 1.29 is 17.9 Å². The van der Waals surface area contributed by atoms with Gasteiger partial charge in [0.25, 0.3) is 0 Å². The second kappa shape index (κ2) is 5.01. The SMILES string of the molecule is Nc1ccc(Oc2cc(C(F)(F)F)ccc2Cl)cc1. The number of rotatable bonds is 2. The topological polar surface area (TPSA) is 35.2 Å². The molecule has 0 aliphatic rings. The first-order chi connectivity index (χ1) is 8.86. The number of benzene rings is 2. The van der Waals surface area contributed by atoms with E-state index in [1.165, 1.54) is 0 Å². The predicted molar refractivity (Wildman–Crippen MR) is 67.4 cm³/mol. The smallest absolute Gasteiger partial charge is 0.416 e. The molecule has 0 aliphatic heterocycles. The first kappa shape index (κ1) is 13.5. The Labute approximate surface area is 112 Å². The highest BCUT2D eigenvalue weighted by atomic mass is 35.5. The number of alkyl halides is 3. The normalized spacial score (nSPS) is 11.4. The summed E-state index contributed by atoms with van der Waals surface area (Å²) in [4.78, 5) is 0. The van der Waals surface area contributed by atoms with Gasteiger partial charge in [-0.05, 0) is 42.5 Å². The van der Waals surface area contributed by atoms with Crippen molar-refractivity contribution in [3.05, 3.63) is 53.1 Å². The Morgan fingerprint density at radius 2 is 1.63 bits per heavy atom. The van der Waals surface area contributed by atoms with Crippen LogP contribution < -0.4 is 10.5 Å². The van der Waals surface area contributed by atoms with Gasteiger partial charge in [0.2, 0.25) is 0 Å². The minimum absolute atomic E-state index is 0.0544. The van der Waals surface area contributed by atoms with E-state index in [0.717, 1.165) is 18.2 Å². The number of hydrogen-bond donors (Lipinski definition) is 1. The molecule has 0 bridgehead atoms. The van der Waals surface area contributed by atoms with Gasteiger partial charge in [-0.3, -0.25) is 0 Å². The zero-order valence-electron chi connectivity index (χ0n) is 9.54. The predicted octanol–water partition coefficient (Wildman–Crippen LogP) is 4.73. The molecular formula is C13H9ClF3NO. The number of hydrogen-bond acceptors (Lipinski definition) is 2. The molecule has 0 saturated carbocycles. The van der Waals surface area contributed by atoms with Gasteiger partial charge in [0.1, 0.15) is 11.5 Å². The summed E-state index contributed by atoms with van der Waals surface area (Å²) in [5, 5.41) is 0.102. The Hall–Kier alpha value is -1.88. The molecule has 0 atom stereocenters. The summed E-state index contributed by atoms with van der Waals surface area (Å²) in [5.41, 5.74) is 5.21. The highest BCUT2D eigenvalue weighted by Gasteiger charge is 2.31. The molecule has 2 aromatic carbocycles. The lowest BCUT2D eigenvalue weighted by Crippen LogP contribution is -2.04. The zero-order chi connectivity index (χ0) is 14.0. The lowest BCUT2D eigenvalue weighted by molar-refractivity contribution is -0.137. The van der Waals surface area contributed by atoms with Crippen molar-refractivity contribution in [2.45, 2.75) is 6.18 Å². The number of nitrogens with two attached hydrogens (primary N) is 1. The third-order valence-corrected chi connectivity index (χ3v) is 2.68. The molecule has 0 spiro atoms. The van der Waals surface area contributed by atoms with Crippen LogP contribution in [0.1, 0.15) is 5.56 Å². The summed E-state index contributed by atoms with van der Waals surface area (Å²) in [6.07, 6.45) is -4.44. The van der Waals surface area contributed by atoms with E-state index in [4.69, 9.17) is 22.1 Å². The molecule has 19 heavy (non-hydrogen) atoms. The van der Waals surface area contributed by atoms with Crippen molar-refractivity contribution in [2.24, 2.45) is 0 Å². The summed E-state index contributed by atoms with van der Waals surface area (Å²) in [7, 11) is 0. The number of ether oxygens (including phenoxy) is 1. The third kappa shape index (κ3) is 3.32. The summed E-state index contributed by atoms with van der Waals surface area (Å²) in [6, 6.07) is 9.17. The van der Waals surface area contributed by atoms with Crippen LogP contribution in [0, 0.1) is 0 Å². The van der Waals surface area contributed by atoms with Crippen molar-refractivity contribution in [2.75, 3.05) is 5.73 Å². The van der Waals surface area contributed by atoms with Crippen LogP contribution in [0.3, 0.4) is 0 Å². The third-order valence-electron chi connectivity index (χ3n) is 2.37. The molecule has 0 radical (unpaired) electrons. The summed E-state index contributed by atoms with van der Waals surface area (Å²) < 4.78 is 43.0. The van der Waals surface area contributed by atoms with Gasteiger partial charge in [-0.1, -0.05) is 11.6 Å². The Kier molecular flexibility index (Phi) is 3.57. The van der Waals surface area contributed by atoms with Crippen LogP contribution in [0.4, 0.5) is 18.9 Å². The molecule has 0 unspecified atom stereocenters. The fraction of sp³-hybridized carbons (Fsp3) is 0.0769. The molecule has 0 saturated heterocycles. The zero-order valence-corrected chi connectivity index (χ0v) is 10.3. The summed E-state index contributed by atoms with van der Waals surface area (Å²) >= 11 is 5.81. The van der Waals surface area contributed by atoms with E-state index in [0.29, 0.717) is 11.4 Å². The van der Waals surface area contributed by atoms with E-state index in [2.05, 4.69) is 0 Å². The monoisotopic (exact) mass is 287 g/mol. The molecule has 2 nitrogen and oxygen atoms in total. The van der Waals surface area contributed by atoms with Crippen molar-refractivity contribution in [1.82, 2.24) is 0 Å². The Morgan fingerprint density at radius 3 is 2.21 bits per heavy atom. The van der Waals surface area contributed by atoms with Gasteiger partial charge in [0, 0.05) is 5.69 Å². The minimum atomic E-state index is -4.44. The van der Waals surface area contributed by atoms with Crippen LogP contribution in [-0.2, 0) is 6.18 Å². The maximum absolute atomic E-state index is 12.6. The van der Waals surface area contributed by atoms with Crippen LogP contribution >= 0.6 is 11.6 Å². The molecule has 0 amide bonds. The quantitative estimate of drug-likeness (QED) is 0.810. The van der Waals surface area contributed by atoms with E-state index in [9.17, 15) is 13.2 Å². The van der Waals surface area contributed by atoms with Crippen molar-refractivity contribution >= 4 is 17.3 Å². The highest BCUT2D eigenvalue weighted by molar-refractivity contribution is 6.32. The van der Waals surface area contributed by atoms with Crippen molar-refractivity contribution in [3.8, 4) is 11.5 Å². The van der Waals surface area contributed by atoms with Gasteiger partial charge >= 0.3 is 6.18 Å². The second-order valence-electron chi connectivity index (χ2n) is 3.81. The number of nitrogen functional groups attached to an aromatic ring is 1. The molecule has 2 rings (SSSR count). The van der Waals surface area contributed by atoms with Crippen LogP contribution in [-0.4, -0.2) is 0 Å². The van der Waals surface area contributed by atoms with Crippen LogP contribution in [0.5, 0.6) is 11.5 Å². The second-order valence-corrected chi connectivity index (χ2v) is 4.22. The summed E-state index contributed by atoms with van der Waals surface area (Å²) in [5.74, 6) is 0.302. The summed E-state index contributed by atoms with van der Waals surface area (Å²) in [6.45, 7) is 0. The molecule has 100 valence electrons. The first-order valence-corrected chi connectivity index (χ1v) is 5.64. The van der Waals surface area contributed by atoms with Gasteiger partial charge in [0.05, 0.1) is 10.6 Å². The van der Waals surface area contributed by atoms with Gasteiger partial charge in [-0.15, -0.1) is 0 Å². The van der Waals surface area contributed by atoms with Gasteiger partial charge in [-0.2, -0.15) is 13.2 Å². The van der Waals surface area contributed by atoms with Gasteiger partial charge in [0.15, 0.2) is 0 Å². The molecule has 6 heteroatoms. The van der Waals surface area contributed by atoms with Crippen LogP contribution in [0.2, 0.25) is 5.02 Å². The highest BCUT2D eigenvalue weighted by Crippen LogP contribution is 2.36. The van der Waals surface area contributed by atoms with E-state index >= 15 is 0 Å². The van der Waals surface area contributed by atoms with Crippen LogP contribution in [0.25, 0.3) is 0 Å². The molecule has 2 N–H and O–H groups in total. The van der Waals surface area contributed by atoms with Crippen LogP contribution in [0.15, 0.2) is 42.5 Å². The average Bonchev–Trinajstić information content (AvgIpc) is 2.33. The van der Waals surface area contributed by atoms with E-state index in [1.807, 2.05) is 0 Å². The van der Waals surface area contributed by atoms with E-state index in [-0.39, 0.29) is 10.8 Å². The lowest BCUT2D eigenvalue weighted by Gasteiger charge is -2.11. The van der Waals surface area contributed by atoms with Crippen molar-refractivity contribution in [1.29, 1.82) is 0 Å². The number of halogens is 4. The number of anilines is 1. The molecular weight excluding hydrogens is 279 g/mol. The van der Waals surface area contributed by atoms with Gasteiger partial charge < -0.3 is 10.5 Å². The molecule has 0 aliphatic carbocycles. The average molecular weight is 288 g/mol. The lowest BCUT2D eigenvalue weighted by atomic mass is 10.2. The van der Waals surface area contributed by atoms with E-state index < -0.39 is 11.7 Å². The molecule has 0 aromatic heterocycles. The first-order valence-electron chi connectivity index (χ1n) is 5.26. The standard InChI is InChI=1S/C13H9ClF3NO/c14-11-6-1-8(13(15,16)17)7-12(11)19-10-4-2-9(18)3-5-10/h1-7H,18H2. The minimum Gasteiger partial charge on any atom is -0.456 e. The molecule has 2 aromatic rings. The largest absolute Gasteiger partial charge is 0.456 e. The maximum Gasteiger partial charge on any atom is 0.416 e. The van der Waals surface area contributed by atoms with E-state index in [1.54, 1.807) is 24.3 Å². The Morgan fingerprint density at radius 1 is 1.00 bits per heavy atom. The Bertz CT molecular complexity index is 581. The Balaban J connectivity index is 2.31. The van der Waals surface area contributed by atoms with Crippen molar-refractivity contribution in [3.63, 3.8) is 0 Å². The molecule has 0 fully saturated rings. The fourth-order valence-corrected chi connectivity index (χ4v) is 1.58. The fourth-order valence-electron chi connectivity index (χ4n) is 1.42.